The van der Waals surface area contributed by atoms with E-state index in [0.29, 0.717) is 18.6 Å². The zero-order valence-corrected chi connectivity index (χ0v) is 8.50. The molecule has 1 heterocycles. The van der Waals surface area contributed by atoms with Gasteiger partial charge in [0.05, 0.1) is 12.7 Å². The topological polar surface area (TPSA) is 18.5 Å². The molecule has 0 N–H and O–H groups in total. The van der Waals surface area contributed by atoms with Gasteiger partial charge in [0.1, 0.15) is 0 Å². The van der Waals surface area contributed by atoms with Crippen LogP contribution in [0.2, 0.25) is 0 Å². The molecule has 0 radical (unpaired) electrons. The van der Waals surface area contributed by atoms with Crippen molar-refractivity contribution in [3.63, 3.8) is 0 Å². The van der Waals surface area contributed by atoms with Crippen molar-refractivity contribution >= 4 is 28.9 Å². The summed E-state index contributed by atoms with van der Waals surface area (Å²) in [5.41, 5.74) is 0. The lowest BCUT2D eigenvalue weighted by atomic mass is 10.1. The van der Waals surface area contributed by atoms with Gasteiger partial charge in [-0.05, 0) is 35.9 Å². The Kier molecular flexibility index (Phi) is 2.28. The first-order chi connectivity index (χ1) is 5.17. The third kappa shape index (κ3) is 1.78. The van der Waals surface area contributed by atoms with Crippen molar-refractivity contribution in [3.8, 4) is 0 Å². The van der Waals surface area contributed by atoms with E-state index < -0.39 is 5.84 Å². The molecular weight excluding hydrogens is 203 g/mol. The Labute approximate surface area is 76.2 Å². The van der Waals surface area contributed by atoms with Crippen molar-refractivity contribution in [3.05, 3.63) is 0 Å². The Bertz CT molecular complexity index is 211. The van der Waals surface area contributed by atoms with Crippen LogP contribution in [0.15, 0.2) is 0 Å². The molecule has 0 aromatic carbocycles. The number of fused-ring (bicyclic) bond motifs is 1. The van der Waals surface area contributed by atoms with Crippen LogP contribution >= 0.6 is 17.1 Å². The van der Waals surface area contributed by atoms with Crippen LogP contribution in [-0.2, 0) is 20.9 Å². The van der Waals surface area contributed by atoms with Gasteiger partial charge >= 0.3 is 0 Å². The standard InChI is InChI=1S/C6H10ClO2PS/c7-10(11)8-4-5-2-1-3-6(5)9-10/h5-6H,1-4H2/t5-,6+,10+/m1/s1. The van der Waals surface area contributed by atoms with Crippen molar-refractivity contribution in [2.24, 2.45) is 5.92 Å². The fourth-order valence-corrected chi connectivity index (χ4v) is 3.73. The van der Waals surface area contributed by atoms with Crippen LogP contribution in [0.4, 0.5) is 0 Å². The molecule has 2 rings (SSSR count). The molecule has 1 aliphatic carbocycles. The van der Waals surface area contributed by atoms with Crippen LogP contribution in [-0.4, -0.2) is 12.7 Å². The molecule has 0 amide bonds. The van der Waals surface area contributed by atoms with E-state index in [-0.39, 0.29) is 0 Å². The van der Waals surface area contributed by atoms with Crippen molar-refractivity contribution < 1.29 is 9.05 Å². The highest BCUT2D eigenvalue weighted by Crippen LogP contribution is 2.60. The van der Waals surface area contributed by atoms with E-state index in [9.17, 15) is 0 Å². The van der Waals surface area contributed by atoms with Crippen LogP contribution in [0.25, 0.3) is 0 Å². The van der Waals surface area contributed by atoms with E-state index >= 15 is 0 Å². The van der Waals surface area contributed by atoms with Gasteiger partial charge in [0.2, 0.25) is 0 Å². The highest BCUT2D eigenvalue weighted by atomic mass is 35.7. The van der Waals surface area contributed by atoms with Gasteiger partial charge in [-0.15, -0.1) is 0 Å². The molecule has 2 aliphatic rings. The Morgan fingerprint density at radius 1 is 1.45 bits per heavy atom. The first-order valence-electron chi connectivity index (χ1n) is 3.80. The predicted molar refractivity (Wildman–Crippen MR) is 48.3 cm³/mol. The number of halogens is 1. The van der Waals surface area contributed by atoms with E-state index in [1.165, 1.54) is 12.8 Å². The SMILES string of the molecule is S=[P@@]1(Cl)OC[C@H]2CCC[C@@H]2O1. The summed E-state index contributed by atoms with van der Waals surface area (Å²) >= 11 is 10.8. The fourth-order valence-electron chi connectivity index (χ4n) is 1.71. The predicted octanol–water partition coefficient (Wildman–Crippen LogP) is 2.67. The monoisotopic (exact) mass is 212 g/mol. The van der Waals surface area contributed by atoms with Gasteiger partial charge in [-0.3, -0.25) is 0 Å². The second-order valence-electron chi connectivity index (χ2n) is 3.06. The smallest absolute Gasteiger partial charge is 0.282 e. The highest BCUT2D eigenvalue weighted by molar-refractivity contribution is 8.22. The summed E-state index contributed by atoms with van der Waals surface area (Å²) in [7, 11) is 0. The van der Waals surface area contributed by atoms with Crippen LogP contribution in [0, 0.1) is 5.92 Å². The third-order valence-electron chi connectivity index (χ3n) is 2.29. The second kappa shape index (κ2) is 2.97. The van der Waals surface area contributed by atoms with Crippen molar-refractivity contribution in [2.75, 3.05) is 6.61 Å². The van der Waals surface area contributed by atoms with E-state index in [2.05, 4.69) is 0 Å². The molecule has 64 valence electrons. The summed E-state index contributed by atoms with van der Waals surface area (Å²) in [5, 5.41) is 0. The van der Waals surface area contributed by atoms with Gasteiger partial charge in [0, 0.05) is 5.92 Å². The minimum atomic E-state index is -2.35. The van der Waals surface area contributed by atoms with E-state index in [1.54, 1.807) is 0 Å². The van der Waals surface area contributed by atoms with E-state index in [4.69, 9.17) is 32.1 Å². The molecule has 0 bridgehead atoms. The maximum absolute atomic E-state index is 5.82. The average Bonchev–Trinajstić information content (AvgIpc) is 2.31. The molecule has 1 saturated carbocycles. The molecule has 1 saturated heterocycles. The van der Waals surface area contributed by atoms with Gasteiger partial charge in [0.15, 0.2) is 0 Å². The molecular formula is C6H10ClO2PS. The molecule has 0 unspecified atom stereocenters. The molecule has 0 aromatic rings. The minimum Gasteiger partial charge on any atom is -0.318 e. The first kappa shape index (κ1) is 8.46. The minimum absolute atomic E-state index is 0.298. The Hall–Kier alpha value is 0.860. The Balaban J connectivity index is 2.08. The number of rotatable bonds is 0. The largest absolute Gasteiger partial charge is 0.318 e. The molecule has 0 aromatic heterocycles. The van der Waals surface area contributed by atoms with Crippen molar-refractivity contribution in [1.29, 1.82) is 0 Å². The zero-order valence-electron chi connectivity index (χ0n) is 6.03. The van der Waals surface area contributed by atoms with Gasteiger partial charge in [-0.1, -0.05) is 6.42 Å². The summed E-state index contributed by atoms with van der Waals surface area (Å²) in [6, 6.07) is 0. The summed E-state index contributed by atoms with van der Waals surface area (Å²) < 4.78 is 10.7. The average molecular weight is 213 g/mol. The summed E-state index contributed by atoms with van der Waals surface area (Å²) in [5.74, 6) is -1.79. The molecule has 2 fully saturated rings. The van der Waals surface area contributed by atoms with Crippen LogP contribution in [0.3, 0.4) is 0 Å². The van der Waals surface area contributed by atoms with Crippen molar-refractivity contribution in [2.45, 2.75) is 25.4 Å². The summed E-state index contributed by atoms with van der Waals surface area (Å²) in [6.07, 6.45) is 3.84. The number of hydrogen-bond donors (Lipinski definition) is 0. The summed E-state index contributed by atoms with van der Waals surface area (Å²) in [6.45, 7) is 0.714. The zero-order chi connectivity index (χ0) is 7.90. The van der Waals surface area contributed by atoms with Crippen LogP contribution < -0.4 is 0 Å². The molecule has 2 nitrogen and oxygen atoms in total. The van der Waals surface area contributed by atoms with Gasteiger partial charge < -0.3 is 9.05 Å². The Morgan fingerprint density at radius 3 is 3.09 bits per heavy atom. The lowest BCUT2D eigenvalue weighted by molar-refractivity contribution is 0.0726. The molecule has 1 aliphatic heterocycles. The van der Waals surface area contributed by atoms with E-state index in [0.717, 1.165) is 6.42 Å². The lowest BCUT2D eigenvalue weighted by Crippen LogP contribution is -2.25. The maximum atomic E-state index is 5.82. The molecule has 11 heavy (non-hydrogen) atoms. The Morgan fingerprint density at radius 2 is 2.27 bits per heavy atom. The summed E-state index contributed by atoms with van der Waals surface area (Å²) in [4.78, 5) is 0. The van der Waals surface area contributed by atoms with Gasteiger partial charge in [-0.2, -0.15) is 0 Å². The van der Waals surface area contributed by atoms with Gasteiger partial charge in [-0.25, -0.2) is 0 Å². The maximum Gasteiger partial charge on any atom is 0.282 e. The second-order valence-corrected chi connectivity index (χ2v) is 7.77. The van der Waals surface area contributed by atoms with Crippen LogP contribution in [0.1, 0.15) is 19.3 Å². The number of hydrogen-bond acceptors (Lipinski definition) is 3. The first-order valence-corrected chi connectivity index (χ1v) is 7.34. The van der Waals surface area contributed by atoms with Crippen molar-refractivity contribution in [1.82, 2.24) is 0 Å². The third-order valence-corrected chi connectivity index (χ3v) is 4.38. The van der Waals surface area contributed by atoms with E-state index in [1.807, 2.05) is 0 Å². The van der Waals surface area contributed by atoms with Crippen LogP contribution in [0.5, 0.6) is 0 Å². The lowest BCUT2D eigenvalue weighted by Gasteiger charge is -2.30. The highest BCUT2D eigenvalue weighted by Gasteiger charge is 2.37. The molecule has 3 atom stereocenters. The molecule has 0 spiro atoms. The molecule has 5 heteroatoms. The fraction of sp³-hybridized carbons (Fsp3) is 1.00. The normalized spacial score (nSPS) is 50.6. The quantitative estimate of drug-likeness (QED) is 0.576. The van der Waals surface area contributed by atoms with Gasteiger partial charge in [0.25, 0.3) is 5.84 Å².